The normalized spacial score (nSPS) is 18.0. The van der Waals surface area contributed by atoms with Gasteiger partial charge in [0, 0.05) is 38.1 Å². The summed E-state index contributed by atoms with van der Waals surface area (Å²) in [5, 5.41) is 4.45. The van der Waals surface area contributed by atoms with Crippen LogP contribution in [0.4, 0.5) is 0 Å². The van der Waals surface area contributed by atoms with E-state index in [9.17, 15) is 4.79 Å². The SMILES string of the molecule is Cc1nn(C)c(C)c1CCC(=O)N1CCCCC1c1cccnc1. The van der Waals surface area contributed by atoms with E-state index in [1.807, 2.05) is 30.9 Å². The molecule has 1 unspecified atom stereocenters. The summed E-state index contributed by atoms with van der Waals surface area (Å²) in [6, 6.07) is 4.21. The minimum absolute atomic E-state index is 0.177. The first-order valence-electron chi connectivity index (χ1n) is 8.76. The van der Waals surface area contributed by atoms with E-state index in [0.29, 0.717) is 6.42 Å². The summed E-state index contributed by atoms with van der Waals surface area (Å²) in [5.41, 5.74) is 4.55. The lowest BCUT2D eigenvalue weighted by Crippen LogP contribution is -2.38. The fourth-order valence-corrected chi connectivity index (χ4v) is 3.70. The molecule has 5 heteroatoms. The van der Waals surface area contributed by atoms with E-state index in [1.165, 1.54) is 12.0 Å². The number of hydrogen-bond acceptors (Lipinski definition) is 3. The van der Waals surface area contributed by atoms with Crippen LogP contribution in [0.5, 0.6) is 0 Å². The van der Waals surface area contributed by atoms with Gasteiger partial charge in [-0.3, -0.25) is 14.5 Å². The number of nitrogens with zero attached hydrogens (tertiary/aromatic N) is 4. The Labute approximate surface area is 143 Å². The van der Waals surface area contributed by atoms with Gasteiger partial charge in [0.2, 0.25) is 5.91 Å². The van der Waals surface area contributed by atoms with E-state index in [0.717, 1.165) is 42.8 Å². The predicted molar refractivity (Wildman–Crippen MR) is 93.5 cm³/mol. The van der Waals surface area contributed by atoms with Crippen molar-refractivity contribution in [3.63, 3.8) is 0 Å². The maximum atomic E-state index is 12.9. The van der Waals surface area contributed by atoms with E-state index in [2.05, 4.69) is 28.0 Å². The molecule has 3 rings (SSSR count). The van der Waals surface area contributed by atoms with Gasteiger partial charge in [-0.1, -0.05) is 6.07 Å². The number of piperidine rings is 1. The van der Waals surface area contributed by atoms with E-state index in [1.54, 1.807) is 6.20 Å². The smallest absolute Gasteiger partial charge is 0.223 e. The van der Waals surface area contributed by atoms with Crippen molar-refractivity contribution in [3.8, 4) is 0 Å². The van der Waals surface area contributed by atoms with Crippen molar-refractivity contribution >= 4 is 5.91 Å². The Morgan fingerprint density at radius 3 is 2.83 bits per heavy atom. The third-order valence-corrected chi connectivity index (χ3v) is 5.14. The van der Waals surface area contributed by atoms with Crippen LogP contribution in [0.3, 0.4) is 0 Å². The third kappa shape index (κ3) is 3.35. The molecule has 0 radical (unpaired) electrons. The number of pyridine rings is 1. The van der Waals surface area contributed by atoms with Crippen molar-refractivity contribution in [2.45, 2.75) is 52.0 Å². The average Bonchev–Trinajstić information content (AvgIpc) is 2.85. The quantitative estimate of drug-likeness (QED) is 0.867. The summed E-state index contributed by atoms with van der Waals surface area (Å²) in [7, 11) is 1.96. The molecule has 1 amide bonds. The van der Waals surface area contributed by atoms with Gasteiger partial charge in [0.25, 0.3) is 0 Å². The fraction of sp³-hybridized carbons (Fsp3) is 0.526. The zero-order chi connectivity index (χ0) is 17.1. The summed E-state index contributed by atoms with van der Waals surface area (Å²) in [5.74, 6) is 0.242. The molecule has 5 nitrogen and oxygen atoms in total. The largest absolute Gasteiger partial charge is 0.336 e. The third-order valence-electron chi connectivity index (χ3n) is 5.14. The zero-order valence-corrected chi connectivity index (χ0v) is 14.8. The van der Waals surface area contributed by atoms with Crippen LogP contribution in [-0.2, 0) is 18.3 Å². The number of aryl methyl sites for hydroxylation is 2. The number of amides is 1. The Kier molecular flexibility index (Phi) is 4.97. The van der Waals surface area contributed by atoms with Crippen LogP contribution < -0.4 is 0 Å². The molecule has 0 saturated carbocycles. The van der Waals surface area contributed by atoms with Gasteiger partial charge in [0.05, 0.1) is 11.7 Å². The number of rotatable bonds is 4. The second kappa shape index (κ2) is 7.16. The van der Waals surface area contributed by atoms with Gasteiger partial charge in [-0.05, 0) is 56.7 Å². The number of hydrogen-bond donors (Lipinski definition) is 0. The van der Waals surface area contributed by atoms with Gasteiger partial charge < -0.3 is 4.90 Å². The summed E-state index contributed by atoms with van der Waals surface area (Å²) >= 11 is 0. The van der Waals surface area contributed by atoms with Gasteiger partial charge >= 0.3 is 0 Å². The van der Waals surface area contributed by atoms with Gasteiger partial charge in [0.15, 0.2) is 0 Å². The molecule has 1 fully saturated rings. The summed E-state index contributed by atoms with van der Waals surface area (Å²) < 4.78 is 1.90. The lowest BCUT2D eigenvalue weighted by Gasteiger charge is -2.36. The van der Waals surface area contributed by atoms with E-state index in [4.69, 9.17) is 0 Å². The highest BCUT2D eigenvalue weighted by atomic mass is 16.2. The molecule has 1 atom stereocenters. The number of likely N-dealkylation sites (tertiary alicyclic amines) is 1. The van der Waals surface area contributed by atoms with Crippen molar-refractivity contribution in [1.29, 1.82) is 0 Å². The van der Waals surface area contributed by atoms with E-state index in [-0.39, 0.29) is 11.9 Å². The van der Waals surface area contributed by atoms with Gasteiger partial charge in [-0.25, -0.2) is 0 Å². The topological polar surface area (TPSA) is 51.0 Å². The highest BCUT2D eigenvalue weighted by Crippen LogP contribution is 2.31. The number of aromatic nitrogens is 3. The molecule has 24 heavy (non-hydrogen) atoms. The molecule has 0 bridgehead atoms. The Hall–Kier alpha value is -2.17. The molecule has 0 aliphatic carbocycles. The predicted octanol–water partition coefficient (Wildman–Crippen LogP) is 3.12. The fourth-order valence-electron chi connectivity index (χ4n) is 3.70. The minimum Gasteiger partial charge on any atom is -0.336 e. The minimum atomic E-state index is 0.177. The van der Waals surface area contributed by atoms with Crippen molar-refractivity contribution < 1.29 is 4.79 Å². The van der Waals surface area contributed by atoms with Crippen molar-refractivity contribution in [2.24, 2.45) is 7.05 Å². The molecule has 1 saturated heterocycles. The standard InChI is InChI=1S/C19H26N4O/c1-14-17(15(2)22(3)21-14)9-10-19(24)23-12-5-4-8-18(23)16-7-6-11-20-13-16/h6-7,11,13,18H,4-5,8-10,12H2,1-3H3. The first-order valence-corrected chi connectivity index (χ1v) is 8.76. The van der Waals surface area contributed by atoms with E-state index >= 15 is 0 Å². The Morgan fingerprint density at radius 2 is 2.17 bits per heavy atom. The van der Waals surface area contributed by atoms with Crippen LogP contribution in [0.1, 0.15) is 54.2 Å². The van der Waals surface area contributed by atoms with Gasteiger partial charge in [0.1, 0.15) is 0 Å². The van der Waals surface area contributed by atoms with Crippen LogP contribution >= 0.6 is 0 Å². The molecular formula is C19H26N4O. The molecule has 1 aliphatic heterocycles. The van der Waals surface area contributed by atoms with Crippen molar-refractivity contribution in [3.05, 3.63) is 47.0 Å². The molecule has 0 N–H and O–H groups in total. The Bertz CT molecular complexity index is 708. The average molecular weight is 326 g/mol. The van der Waals surface area contributed by atoms with Crippen LogP contribution in [-0.4, -0.2) is 32.1 Å². The Morgan fingerprint density at radius 1 is 1.33 bits per heavy atom. The molecule has 0 aromatic carbocycles. The number of carbonyl (C=O) groups excluding carboxylic acids is 1. The van der Waals surface area contributed by atoms with Gasteiger partial charge in [-0.2, -0.15) is 5.10 Å². The first-order chi connectivity index (χ1) is 11.6. The molecule has 2 aromatic rings. The second-order valence-corrected chi connectivity index (χ2v) is 6.66. The molecule has 3 heterocycles. The van der Waals surface area contributed by atoms with Crippen LogP contribution in [0, 0.1) is 13.8 Å². The summed E-state index contributed by atoms with van der Waals surface area (Å²) in [6.45, 7) is 4.94. The molecule has 0 spiro atoms. The van der Waals surface area contributed by atoms with Crippen LogP contribution in [0.15, 0.2) is 24.5 Å². The van der Waals surface area contributed by atoms with Crippen molar-refractivity contribution in [2.75, 3.05) is 6.54 Å². The molecule has 128 valence electrons. The maximum absolute atomic E-state index is 12.9. The lowest BCUT2D eigenvalue weighted by atomic mass is 9.95. The van der Waals surface area contributed by atoms with Gasteiger partial charge in [-0.15, -0.1) is 0 Å². The van der Waals surface area contributed by atoms with Crippen molar-refractivity contribution in [1.82, 2.24) is 19.7 Å². The first kappa shape index (κ1) is 16.7. The molecular weight excluding hydrogens is 300 g/mol. The molecule has 1 aliphatic rings. The van der Waals surface area contributed by atoms with Crippen LogP contribution in [0.25, 0.3) is 0 Å². The number of carbonyl (C=O) groups is 1. The van der Waals surface area contributed by atoms with Crippen LogP contribution in [0.2, 0.25) is 0 Å². The lowest BCUT2D eigenvalue weighted by molar-refractivity contribution is -0.135. The molecule has 2 aromatic heterocycles. The highest BCUT2D eigenvalue weighted by molar-refractivity contribution is 5.77. The zero-order valence-electron chi connectivity index (χ0n) is 14.8. The maximum Gasteiger partial charge on any atom is 0.223 e. The highest BCUT2D eigenvalue weighted by Gasteiger charge is 2.28. The van der Waals surface area contributed by atoms with E-state index < -0.39 is 0 Å². The Balaban J connectivity index is 1.70. The monoisotopic (exact) mass is 326 g/mol. The summed E-state index contributed by atoms with van der Waals surface area (Å²) in [4.78, 5) is 19.1. The second-order valence-electron chi connectivity index (χ2n) is 6.66. The summed E-state index contributed by atoms with van der Waals surface area (Å²) in [6.07, 6.45) is 8.28.